The second-order valence-electron chi connectivity index (χ2n) is 4.65. The summed E-state index contributed by atoms with van der Waals surface area (Å²) >= 11 is -2.43. The van der Waals surface area contributed by atoms with E-state index in [4.69, 9.17) is 0 Å². The van der Waals surface area contributed by atoms with Crippen LogP contribution in [0, 0.1) is 6.92 Å². The Bertz CT molecular complexity index is 792. The molecule has 3 rings (SSSR count). The summed E-state index contributed by atoms with van der Waals surface area (Å²) < 4.78 is 21.9. The third-order valence-corrected chi connectivity index (χ3v) is 3.98. The van der Waals surface area contributed by atoms with Crippen molar-refractivity contribution in [2.45, 2.75) is 11.8 Å². The third-order valence-electron chi connectivity index (χ3n) is 3.34. The molecule has 0 saturated heterocycles. The summed E-state index contributed by atoms with van der Waals surface area (Å²) in [7, 11) is 0. The van der Waals surface area contributed by atoms with E-state index in [1.54, 1.807) is 18.2 Å². The minimum absolute atomic E-state index is 0.000427. The van der Waals surface area contributed by atoms with Crippen LogP contribution in [-0.2, 0) is 11.1 Å². The quantitative estimate of drug-likeness (QED) is 0.641. The Morgan fingerprint density at radius 1 is 0.850 bits per heavy atom. The first-order valence-corrected chi connectivity index (χ1v) is 7.00. The van der Waals surface area contributed by atoms with Crippen LogP contribution in [0.4, 0.5) is 0 Å². The molecule has 4 nitrogen and oxygen atoms in total. The van der Waals surface area contributed by atoms with Gasteiger partial charge in [0.1, 0.15) is 0 Å². The lowest BCUT2D eigenvalue weighted by Crippen LogP contribution is -2.21. The van der Waals surface area contributed by atoms with Gasteiger partial charge in [-0.3, -0.25) is 13.8 Å². The van der Waals surface area contributed by atoms with Crippen LogP contribution in [0.15, 0.2) is 41.3 Å². The lowest BCUT2D eigenvalue weighted by atomic mass is 9.83. The van der Waals surface area contributed by atoms with Gasteiger partial charge in [-0.05, 0) is 42.3 Å². The second-order valence-corrected chi connectivity index (χ2v) is 5.59. The van der Waals surface area contributed by atoms with E-state index in [9.17, 15) is 18.4 Å². The van der Waals surface area contributed by atoms with Gasteiger partial charge in [0, 0.05) is 27.1 Å². The average Bonchev–Trinajstić information content (AvgIpc) is 2.44. The topological polar surface area (TPSA) is 74.3 Å². The minimum Gasteiger partial charge on any atom is -0.768 e. The number of rotatable bonds is 1. The van der Waals surface area contributed by atoms with Gasteiger partial charge in [0.05, 0.1) is 0 Å². The molecule has 0 spiro atoms. The molecule has 1 aliphatic rings. The summed E-state index contributed by atoms with van der Waals surface area (Å²) in [6.07, 6.45) is 0. The zero-order valence-corrected chi connectivity index (χ0v) is 11.3. The summed E-state index contributed by atoms with van der Waals surface area (Å²) in [5.74, 6) is -0.566. The molecule has 100 valence electrons. The van der Waals surface area contributed by atoms with Gasteiger partial charge in [0.2, 0.25) is 0 Å². The fraction of sp³-hybridized carbons (Fsp3) is 0.0667. The molecule has 2 aromatic carbocycles. The smallest absolute Gasteiger partial charge is 0.194 e. The highest BCUT2D eigenvalue weighted by Crippen LogP contribution is 2.29. The Balaban J connectivity index is 2.26. The van der Waals surface area contributed by atoms with Crippen LogP contribution < -0.4 is 0 Å². The molecule has 0 amide bonds. The molecule has 1 unspecified atom stereocenters. The number of benzene rings is 2. The maximum atomic E-state index is 12.4. The third kappa shape index (κ3) is 1.83. The number of fused-ring (bicyclic) bond motifs is 2. The first kappa shape index (κ1) is 12.9. The number of carbonyl (C=O) groups is 2. The molecule has 0 saturated carbocycles. The Hall–Kier alpha value is -2.11. The summed E-state index contributed by atoms with van der Waals surface area (Å²) in [4.78, 5) is 24.8. The maximum absolute atomic E-state index is 12.4. The highest BCUT2D eigenvalue weighted by atomic mass is 32.2. The van der Waals surface area contributed by atoms with Crippen molar-refractivity contribution in [1.82, 2.24) is 0 Å². The standard InChI is InChI=1S/C15H10O4S/c1-8-2-4-10-12(6-8)14(16)11-5-3-9(20(18)19)7-13(11)15(10)17/h2-7H,1H3,(H,18,19)/p-1. The van der Waals surface area contributed by atoms with E-state index in [1.807, 2.05) is 6.92 Å². The van der Waals surface area contributed by atoms with Gasteiger partial charge in [0.25, 0.3) is 0 Å². The SMILES string of the molecule is Cc1ccc2c(c1)C(=O)c1ccc(S(=O)[O-])cc1C2=O. The van der Waals surface area contributed by atoms with Crippen LogP contribution >= 0.6 is 0 Å². The molecule has 2 aromatic rings. The molecule has 0 fully saturated rings. The molecule has 0 heterocycles. The Kier molecular flexibility index (Phi) is 2.88. The summed E-state index contributed by atoms with van der Waals surface area (Å²) in [5.41, 5.74) is 1.99. The van der Waals surface area contributed by atoms with Crippen molar-refractivity contribution in [2.24, 2.45) is 0 Å². The Morgan fingerprint density at radius 3 is 2.00 bits per heavy atom. The number of ketones is 2. The van der Waals surface area contributed by atoms with E-state index < -0.39 is 11.1 Å². The zero-order valence-electron chi connectivity index (χ0n) is 10.5. The zero-order chi connectivity index (χ0) is 14.4. The number of hydrogen-bond acceptors (Lipinski definition) is 4. The molecule has 20 heavy (non-hydrogen) atoms. The molecule has 0 N–H and O–H groups in total. The van der Waals surface area contributed by atoms with Gasteiger partial charge in [-0.2, -0.15) is 0 Å². The van der Waals surface area contributed by atoms with Gasteiger partial charge in [-0.1, -0.05) is 17.7 Å². The fourth-order valence-corrected chi connectivity index (χ4v) is 2.74. The summed E-state index contributed by atoms with van der Waals surface area (Å²) in [6, 6.07) is 9.01. The molecule has 1 atom stereocenters. The molecule has 0 radical (unpaired) electrons. The van der Waals surface area contributed by atoms with E-state index in [0.717, 1.165) is 5.56 Å². The van der Waals surface area contributed by atoms with Crippen LogP contribution in [0.5, 0.6) is 0 Å². The van der Waals surface area contributed by atoms with Crippen LogP contribution in [0.1, 0.15) is 37.4 Å². The van der Waals surface area contributed by atoms with Crippen LogP contribution in [-0.4, -0.2) is 20.3 Å². The van der Waals surface area contributed by atoms with Gasteiger partial charge < -0.3 is 4.55 Å². The molecule has 5 heteroatoms. The Morgan fingerprint density at radius 2 is 1.40 bits per heavy atom. The van der Waals surface area contributed by atoms with Gasteiger partial charge in [0.15, 0.2) is 11.6 Å². The normalized spacial score (nSPS) is 14.7. The van der Waals surface area contributed by atoms with Crippen LogP contribution in [0.25, 0.3) is 0 Å². The highest BCUT2D eigenvalue weighted by molar-refractivity contribution is 7.79. The molecule has 0 aliphatic heterocycles. The number of aryl methyl sites for hydroxylation is 1. The van der Waals surface area contributed by atoms with Gasteiger partial charge in [-0.15, -0.1) is 0 Å². The fourth-order valence-electron chi connectivity index (χ4n) is 2.35. The van der Waals surface area contributed by atoms with E-state index >= 15 is 0 Å². The van der Waals surface area contributed by atoms with E-state index in [1.165, 1.54) is 18.2 Å². The van der Waals surface area contributed by atoms with Crippen molar-refractivity contribution in [3.63, 3.8) is 0 Å². The first-order valence-electron chi connectivity index (χ1n) is 5.92. The predicted octanol–water partition coefficient (Wildman–Crippen LogP) is 2.01. The average molecular weight is 285 g/mol. The molecule has 0 bridgehead atoms. The van der Waals surface area contributed by atoms with Crippen LogP contribution in [0.2, 0.25) is 0 Å². The number of carbonyl (C=O) groups excluding carboxylic acids is 2. The van der Waals surface area contributed by atoms with Crippen molar-refractivity contribution >= 4 is 22.6 Å². The number of hydrogen-bond donors (Lipinski definition) is 0. The van der Waals surface area contributed by atoms with E-state index in [0.29, 0.717) is 11.1 Å². The van der Waals surface area contributed by atoms with Crippen LogP contribution in [0.3, 0.4) is 0 Å². The lowest BCUT2D eigenvalue weighted by Gasteiger charge is -2.19. The summed E-state index contributed by atoms with van der Waals surface area (Å²) in [5, 5.41) is 0. The van der Waals surface area contributed by atoms with Crippen molar-refractivity contribution < 1.29 is 18.4 Å². The molecule has 1 aliphatic carbocycles. The van der Waals surface area contributed by atoms with E-state index in [2.05, 4.69) is 0 Å². The summed E-state index contributed by atoms with van der Waals surface area (Å²) in [6.45, 7) is 1.84. The minimum atomic E-state index is -2.43. The predicted molar refractivity (Wildman–Crippen MR) is 71.7 cm³/mol. The lowest BCUT2D eigenvalue weighted by molar-refractivity contribution is 0.0979. The largest absolute Gasteiger partial charge is 0.768 e. The molecular formula is C15H9O4S-. The second kappa shape index (κ2) is 4.47. The first-order chi connectivity index (χ1) is 9.49. The van der Waals surface area contributed by atoms with Crippen molar-refractivity contribution in [1.29, 1.82) is 0 Å². The maximum Gasteiger partial charge on any atom is 0.194 e. The van der Waals surface area contributed by atoms with Gasteiger partial charge >= 0.3 is 0 Å². The van der Waals surface area contributed by atoms with Gasteiger partial charge in [-0.25, -0.2) is 0 Å². The Labute approximate surface area is 117 Å². The molecular weight excluding hydrogens is 276 g/mol. The van der Waals surface area contributed by atoms with E-state index in [-0.39, 0.29) is 27.6 Å². The van der Waals surface area contributed by atoms with Crippen molar-refractivity contribution in [3.8, 4) is 0 Å². The van der Waals surface area contributed by atoms with Crippen molar-refractivity contribution in [3.05, 3.63) is 64.2 Å². The highest BCUT2D eigenvalue weighted by Gasteiger charge is 2.29. The molecule has 0 aromatic heterocycles. The van der Waals surface area contributed by atoms with Crippen molar-refractivity contribution in [2.75, 3.05) is 0 Å². The monoisotopic (exact) mass is 285 g/mol.